The Morgan fingerprint density at radius 3 is 0.756 bits per heavy atom. The van der Waals surface area contributed by atoms with E-state index in [1.165, 1.54) is 193 Å². The molecule has 0 atom stereocenters. The maximum absolute atomic E-state index is 12.2. The molecule has 0 aliphatic heterocycles. The Morgan fingerprint density at radius 2 is 0.561 bits per heavy atom. The minimum absolute atomic E-state index is 0.0769. The van der Waals surface area contributed by atoms with Crippen LogP contribution in [-0.2, 0) is 4.79 Å². The molecule has 0 aromatic carbocycles. The number of hydrogen-bond donors (Lipinski definition) is 1. The monoisotopic (exact) mass is 580 g/mol. The van der Waals surface area contributed by atoms with Crippen molar-refractivity contribution < 1.29 is 9.90 Å². The van der Waals surface area contributed by atoms with Crippen LogP contribution in [0, 0.1) is 0 Å². The summed E-state index contributed by atoms with van der Waals surface area (Å²) in [5.41, 5.74) is 0. The van der Waals surface area contributed by atoms with Gasteiger partial charge in [-0.05, 0) is 12.8 Å². The lowest BCUT2D eigenvalue weighted by atomic mass is 10.0. The molecular formula is C38H77NO2. The SMILES string of the molecule is CCCCCCCCCCCCCCCCCCN(CCCCCCCCCCCCCCCCCC)C(=O)CO. The zero-order valence-corrected chi connectivity index (χ0v) is 28.6. The van der Waals surface area contributed by atoms with Crippen molar-refractivity contribution >= 4 is 5.91 Å². The van der Waals surface area contributed by atoms with Crippen LogP contribution in [0.1, 0.15) is 219 Å². The first-order chi connectivity index (χ1) is 20.3. The van der Waals surface area contributed by atoms with Gasteiger partial charge in [0.1, 0.15) is 6.61 Å². The molecule has 0 radical (unpaired) electrons. The molecule has 3 nitrogen and oxygen atoms in total. The van der Waals surface area contributed by atoms with Crippen LogP contribution >= 0.6 is 0 Å². The van der Waals surface area contributed by atoms with Crippen molar-refractivity contribution in [2.24, 2.45) is 0 Å². The maximum atomic E-state index is 12.2. The van der Waals surface area contributed by atoms with E-state index in [1.807, 2.05) is 4.90 Å². The fourth-order valence-corrected chi connectivity index (χ4v) is 6.16. The van der Waals surface area contributed by atoms with E-state index in [1.54, 1.807) is 0 Å². The second-order valence-electron chi connectivity index (χ2n) is 13.1. The molecule has 41 heavy (non-hydrogen) atoms. The molecule has 0 saturated heterocycles. The van der Waals surface area contributed by atoms with Gasteiger partial charge in [0.15, 0.2) is 0 Å². The summed E-state index contributed by atoms with van der Waals surface area (Å²) in [5.74, 6) is -0.0769. The normalized spacial score (nSPS) is 11.4. The summed E-state index contributed by atoms with van der Waals surface area (Å²) in [6, 6.07) is 0. The van der Waals surface area contributed by atoms with Gasteiger partial charge in [0, 0.05) is 13.1 Å². The number of aliphatic hydroxyl groups is 1. The van der Waals surface area contributed by atoms with Crippen molar-refractivity contribution in [1.29, 1.82) is 0 Å². The largest absolute Gasteiger partial charge is 0.387 e. The summed E-state index contributed by atoms with van der Waals surface area (Å²) in [7, 11) is 0. The number of rotatable bonds is 35. The van der Waals surface area contributed by atoms with E-state index in [2.05, 4.69) is 13.8 Å². The lowest BCUT2D eigenvalue weighted by Gasteiger charge is -2.22. The van der Waals surface area contributed by atoms with E-state index in [4.69, 9.17) is 0 Å². The number of hydrogen-bond acceptors (Lipinski definition) is 2. The zero-order chi connectivity index (χ0) is 29.9. The lowest BCUT2D eigenvalue weighted by Crippen LogP contribution is -2.35. The summed E-state index contributed by atoms with van der Waals surface area (Å²) < 4.78 is 0. The number of unbranched alkanes of at least 4 members (excludes halogenated alkanes) is 30. The van der Waals surface area contributed by atoms with Crippen LogP contribution in [0.25, 0.3) is 0 Å². The number of carbonyl (C=O) groups is 1. The maximum Gasteiger partial charge on any atom is 0.248 e. The quantitative estimate of drug-likeness (QED) is 0.0758. The molecule has 0 aromatic heterocycles. The zero-order valence-electron chi connectivity index (χ0n) is 28.6. The minimum atomic E-state index is -0.336. The summed E-state index contributed by atoms with van der Waals surface area (Å²) in [4.78, 5) is 14.1. The van der Waals surface area contributed by atoms with Crippen molar-refractivity contribution in [3.05, 3.63) is 0 Å². The van der Waals surface area contributed by atoms with Gasteiger partial charge in [0.25, 0.3) is 0 Å². The second-order valence-corrected chi connectivity index (χ2v) is 13.1. The first-order valence-corrected chi connectivity index (χ1v) is 19.1. The molecule has 0 bridgehead atoms. The molecule has 0 fully saturated rings. The van der Waals surface area contributed by atoms with Crippen LogP contribution in [0.5, 0.6) is 0 Å². The summed E-state index contributed by atoms with van der Waals surface area (Å²) in [5, 5.41) is 9.38. The molecular weight excluding hydrogens is 502 g/mol. The second kappa shape index (κ2) is 35.6. The third-order valence-electron chi connectivity index (χ3n) is 9.05. The summed E-state index contributed by atoms with van der Waals surface area (Å²) in [6.07, 6.45) is 43.9. The van der Waals surface area contributed by atoms with Gasteiger partial charge >= 0.3 is 0 Å². The average Bonchev–Trinajstić information content (AvgIpc) is 2.99. The number of amides is 1. The van der Waals surface area contributed by atoms with E-state index in [9.17, 15) is 9.90 Å². The third-order valence-corrected chi connectivity index (χ3v) is 9.05. The highest BCUT2D eigenvalue weighted by atomic mass is 16.3. The Bertz CT molecular complexity index is 459. The van der Waals surface area contributed by atoms with Gasteiger partial charge in [0.2, 0.25) is 5.91 Å². The standard InChI is InChI=1S/C38H77NO2/c1-3-5-7-9-11-13-15-17-19-21-23-25-27-29-31-33-35-39(38(41)37-40)36-34-32-30-28-26-24-22-20-18-16-14-12-10-8-6-4-2/h40H,3-37H2,1-2H3. The fraction of sp³-hybridized carbons (Fsp3) is 0.974. The van der Waals surface area contributed by atoms with Gasteiger partial charge in [-0.15, -0.1) is 0 Å². The van der Waals surface area contributed by atoms with Crippen molar-refractivity contribution in [3.63, 3.8) is 0 Å². The van der Waals surface area contributed by atoms with Gasteiger partial charge in [-0.2, -0.15) is 0 Å². The van der Waals surface area contributed by atoms with Gasteiger partial charge in [-0.25, -0.2) is 0 Å². The van der Waals surface area contributed by atoms with Crippen molar-refractivity contribution in [3.8, 4) is 0 Å². The summed E-state index contributed by atoms with van der Waals surface area (Å²) in [6.45, 7) is 5.90. The van der Waals surface area contributed by atoms with E-state index in [0.717, 1.165) is 25.9 Å². The Hall–Kier alpha value is -0.570. The summed E-state index contributed by atoms with van der Waals surface area (Å²) >= 11 is 0. The highest BCUT2D eigenvalue weighted by molar-refractivity contribution is 5.77. The van der Waals surface area contributed by atoms with Crippen LogP contribution < -0.4 is 0 Å². The van der Waals surface area contributed by atoms with Gasteiger partial charge in [-0.1, -0.05) is 206 Å². The van der Waals surface area contributed by atoms with Crippen LogP contribution in [0.4, 0.5) is 0 Å². The molecule has 0 heterocycles. The predicted octanol–water partition coefficient (Wildman–Crippen LogP) is 12.3. The number of carbonyl (C=O) groups excluding carboxylic acids is 1. The molecule has 0 saturated carbocycles. The molecule has 1 N–H and O–H groups in total. The lowest BCUT2D eigenvalue weighted by molar-refractivity contribution is -0.134. The van der Waals surface area contributed by atoms with Crippen LogP contribution in [0.2, 0.25) is 0 Å². The number of nitrogens with zero attached hydrogens (tertiary/aromatic N) is 1. The Balaban J connectivity index is 3.48. The third kappa shape index (κ3) is 32.2. The fourth-order valence-electron chi connectivity index (χ4n) is 6.16. The first-order valence-electron chi connectivity index (χ1n) is 19.1. The molecule has 0 spiro atoms. The first kappa shape index (κ1) is 40.4. The average molecular weight is 580 g/mol. The highest BCUT2D eigenvalue weighted by Gasteiger charge is 2.11. The van der Waals surface area contributed by atoms with Crippen LogP contribution in [-0.4, -0.2) is 35.6 Å². The molecule has 3 heteroatoms. The van der Waals surface area contributed by atoms with E-state index in [0.29, 0.717) is 0 Å². The van der Waals surface area contributed by atoms with Crippen molar-refractivity contribution in [2.45, 2.75) is 219 Å². The molecule has 0 rings (SSSR count). The molecule has 0 aromatic rings. The predicted molar refractivity (Wildman–Crippen MR) is 183 cm³/mol. The van der Waals surface area contributed by atoms with Gasteiger partial charge in [0.05, 0.1) is 0 Å². The molecule has 0 aliphatic carbocycles. The minimum Gasteiger partial charge on any atom is -0.387 e. The van der Waals surface area contributed by atoms with E-state index < -0.39 is 0 Å². The molecule has 0 unspecified atom stereocenters. The van der Waals surface area contributed by atoms with Crippen molar-refractivity contribution in [2.75, 3.05) is 19.7 Å². The highest BCUT2D eigenvalue weighted by Crippen LogP contribution is 2.16. The molecule has 0 aliphatic rings. The Morgan fingerprint density at radius 1 is 0.366 bits per heavy atom. The Labute approximate surface area is 259 Å². The topological polar surface area (TPSA) is 40.5 Å². The Kier molecular flexibility index (Phi) is 35.1. The number of aliphatic hydroxyl groups excluding tert-OH is 1. The van der Waals surface area contributed by atoms with E-state index >= 15 is 0 Å². The van der Waals surface area contributed by atoms with Crippen LogP contribution in [0.3, 0.4) is 0 Å². The van der Waals surface area contributed by atoms with Crippen molar-refractivity contribution in [1.82, 2.24) is 4.90 Å². The molecule has 246 valence electrons. The van der Waals surface area contributed by atoms with Gasteiger partial charge < -0.3 is 10.0 Å². The van der Waals surface area contributed by atoms with Gasteiger partial charge in [-0.3, -0.25) is 4.79 Å². The molecule has 1 amide bonds. The van der Waals surface area contributed by atoms with Crippen LogP contribution in [0.15, 0.2) is 0 Å². The smallest absolute Gasteiger partial charge is 0.248 e. The van der Waals surface area contributed by atoms with E-state index in [-0.39, 0.29) is 12.5 Å².